The highest BCUT2D eigenvalue weighted by atomic mass is 35.5. The number of nitrogens with one attached hydrogen (secondary N) is 4. The van der Waals surface area contributed by atoms with Gasteiger partial charge in [-0.25, -0.2) is 0 Å². The summed E-state index contributed by atoms with van der Waals surface area (Å²) in [5, 5.41) is 5.80. The van der Waals surface area contributed by atoms with Crippen LogP contribution in [-0.4, -0.2) is 66.2 Å². The van der Waals surface area contributed by atoms with E-state index in [1.165, 1.54) is 9.80 Å². The molecule has 1 aromatic carbocycles. The molecule has 2 amide bonds. The Kier molecular flexibility index (Phi) is 15.3. The maximum Gasteiger partial charge on any atom is 0.251 e. The van der Waals surface area contributed by atoms with Crippen LogP contribution in [0.25, 0.3) is 0 Å². The lowest BCUT2D eigenvalue weighted by Crippen LogP contribution is -3.05. The summed E-state index contributed by atoms with van der Waals surface area (Å²) in [5.74, 6) is -0.186. The summed E-state index contributed by atoms with van der Waals surface area (Å²) in [6, 6.07) is 6.80. The van der Waals surface area contributed by atoms with Crippen LogP contribution in [0.3, 0.4) is 0 Å². The van der Waals surface area contributed by atoms with Crippen molar-refractivity contribution in [3.8, 4) is 0 Å². The van der Waals surface area contributed by atoms with Gasteiger partial charge >= 0.3 is 0 Å². The second kappa shape index (κ2) is 14.8. The molecule has 0 radical (unpaired) electrons. The Bertz CT molecular complexity index is 475. The predicted molar refractivity (Wildman–Crippen MR) is 95.7 cm³/mol. The van der Waals surface area contributed by atoms with Gasteiger partial charge in [0.25, 0.3) is 11.8 Å². The minimum absolute atomic E-state index is 0. The Morgan fingerprint density at radius 2 is 1.04 bits per heavy atom. The lowest BCUT2D eigenvalue weighted by atomic mass is 10.1. The quantitative estimate of drug-likeness (QED) is 0.291. The van der Waals surface area contributed by atoms with E-state index in [2.05, 4.69) is 38.8 Å². The van der Waals surface area contributed by atoms with Crippen LogP contribution in [0.5, 0.6) is 0 Å². The maximum atomic E-state index is 12.0. The molecule has 0 aliphatic heterocycles. The smallest absolute Gasteiger partial charge is 0.251 e. The summed E-state index contributed by atoms with van der Waals surface area (Å²) in [7, 11) is 8.36. The van der Waals surface area contributed by atoms with Crippen LogP contribution in [0, 0.1) is 0 Å². The van der Waals surface area contributed by atoms with Crippen molar-refractivity contribution < 1.29 is 44.2 Å². The average Bonchev–Trinajstić information content (AvgIpc) is 2.55. The van der Waals surface area contributed by atoms with Crippen LogP contribution < -0.4 is 45.2 Å². The molecule has 0 aliphatic rings. The van der Waals surface area contributed by atoms with E-state index in [1.807, 2.05) is 0 Å². The van der Waals surface area contributed by atoms with Gasteiger partial charge in [-0.3, -0.25) is 9.59 Å². The van der Waals surface area contributed by atoms with Crippen LogP contribution in [0.1, 0.15) is 33.6 Å². The van der Waals surface area contributed by atoms with Crippen LogP contribution in [-0.2, 0) is 0 Å². The summed E-state index contributed by atoms with van der Waals surface area (Å²) in [4.78, 5) is 26.8. The van der Waals surface area contributed by atoms with Gasteiger partial charge in [-0.1, -0.05) is 0 Å². The van der Waals surface area contributed by atoms with Gasteiger partial charge in [-0.2, -0.15) is 0 Å². The summed E-state index contributed by atoms with van der Waals surface area (Å²) in [6.45, 7) is 3.38. The summed E-state index contributed by atoms with van der Waals surface area (Å²) >= 11 is 0. The van der Waals surface area contributed by atoms with E-state index in [0.717, 1.165) is 25.9 Å². The Labute approximate surface area is 169 Å². The molecule has 0 saturated heterocycles. The number of quaternary nitrogens is 2. The van der Waals surface area contributed by atoms with Gasteiger partial charge in [0, 0.05) is 37.1 Å². The number of carbonyl (C=O) groups excluding carboxylic acids is 2. The Morgan fingerprint density at radius 1 is 0.731 bits per heavy atom. The lowest BCUT2D eigenvalue weighted by Gasteiger charge is -2.09. The lowest BCUT2D eigenvalue weighted by molar-refractivity contribution is -0.858. The molecule has 0 spiro atoms. The number of halogens is 2. The number of carbonyl (C=O) groups is 2. The molecule has 0 bridgehead atoms. The third kappa shape index (κ3) is 11.3. The molecule has 0 saturated carbocycles. The molecule has 0 atom stereocenters. The van der Waals surface area contributed by atoms with Crippen molar-refractivity contribution >= 4 is 11.8 Å². The first-order chi connectivity index (χ1) is 11.4. The fraction of sp³-hybridized carbons (Fsp3) is 0.556. The van der Waals surface area contributed by atoms with Gasteiger partial charge in [0.15, 0.2) is 0 Å². The van der Waals surface area contributed by atoms with E-state index in [0.29, 0.717) is 24.2 Å². The minimum atomic E-state index is -0.0929. The molecule has 1 rings (SSSR count). The Balaban J connectivity index is 0. The van der Waals surface area contributed by atoms with E-state index >= 15 is 0 Å². The molecular weight excluding hydrogens is 375 g/mol. The van der Waals surface area contributed by atoms with Crippen LogP contribution >= 0.6 is 0 Å². The molecule has 6 nitrogen and oxygen atoms in total. The van der Waals surface area contributed by atoms with E-state index in [1.54, 1.807) is 24.3 Å². The summed E-state index contributed by atoms with van der Waals surface area (Å²) in [5.41, 5.74) is 1.17. The van der Waals surface area contributed by atoms with Crippen molar-refractivity contribution in [1.29, 1.82) is 0 Å². The average molecular weight is 407 g/mol. The number of hydrogen-bond acceptors (Lipinski definition) is 2. The zero-order valence-corrected chi connectivity index (χ0v) is 17.6. The SMILES string of the molecule is C[NH+](C)CCCNC(=O)c1ccc(C(=O)NCCC[NH+](C)C)cc1.[Cl-].[Cl-]. The zero-order chi connectivity index (χ0) is 17.9. The monoisotopic (exact) mass is 406 g/mol. The largest absolute Gasteiger partial charge is 1.00 e. The molecule has 4 N–H and O–H groups in total. The van der Waals surface area contributed by atoms with Gasteiger partial charge in [-0.15, -0.1) is 0 Å². The molecule has 150 valence electrons. The second-order valence-electron chi connectivity index (χ2n) is 6.71. The zero-order valence-electron chi connectivity index (χ0n) is 16.1. The van der Waals surface area contributed by atoms with Gasteiger partial charge in [0.1, 0.15) is 0 Å². The standard InChI is InChI=1S/C18H30N4O2.2ClH/c1-21(2)13-5-11-19-17(23)15-7-9-16(10-8-15)18(24)20-12-6-14-22(3)4;;/h7-10H,5-6,11-14H2,1-4H3,(H,19,23)(H,20,24);2*1H. The van der Waals surface area contributed by atoms with Crippen LogP contribution in [0.2, 0.25) is 0 Å². The van der Waals surface area contributed by atoms with Crippen molar-refractivity contribution in [1.82, 2.24) is 10.6 Å². The fourth-order valence-electron chi connectivity index (χ4n) is 2.26. The number of benzene rings is 1. The van der Waals surface area contributed by atoms with Gasteiger partial charge in [0.2, 0.25) is 0 Å². The van der Waals surface area contributed by atoms with Crippen molar-refractivity contribution in [2.24, 2.45) is 0 Å². The highest BCUT2D eigenvalue weighted by Gasteiger charge is 2.08. The summed E-state index contributed by atoms with van der Waals surface area (Å²) < 4.78 is 0. The first-order valence-corrected chi connectivity index (χ1v) is 8.64. The number of rotatable bonds is 10. The molecular formula is C18H32Cl2N4O2. The van der Waals surface area contributed by atoms with Gasteiger partial charge in [-0.05, 0) is 24.3 Å². The molecule has 1 aromatic rings. The first kappa shape index (κ1) is 26.9. The maximum absolute atomic E-state index is 12.0. The van der Waals surface area contributed by atoms with Crippen molar-refractivity contribution in [3.05, 3.63) is 35.4 Å². The fourth-order valence-corrected chi connectivity index (χ4v) is 2.26. The molecule has 0 aromatic heterocycles. The van der Waals surface area contributed by atoms with Crippen molar-refractivity contribution in [2.45, 2.75) is 12.8 Å². The predicted octanol–water partition coefficient (Wildman–Crippen LogP) is -7.78. The normalized spacial score (nSPS) is 10.1. The first-order valence-electron chi connectivity index (χ1n) is 8.64. The highest BCUT2D eigenvalue weighted by Crippen LogP contribution is 2.04. The van der Waals surface area contributed by atoms with Crippen molar-refractivity contribution in [3.63, 3.8) is 0 Å². The highest BCUT2D eigenvalue weighted by molar-refractivity contribution is 5.97. The number of amides is 2. The molecule has 26 heavy (non-hydrogen) atoms. The topological polar surface area (TPSA) is 67.1 Å². The van der Waals surface area contributed by atoms with E-state index in [-0.39, 0.29) is 36.6 Å². The van der Waals surface area contributed by atoms with Gasteiger partial charge < -0.3 is 45.2 Å². The Morgan fingerprint density at radius 3 is 1.31 bits per heavy atom. The minimum Gasteiger partial charge on any atom is -1.00 e. The third-order valence-electron chi connectivity index (χ3n) is 3.69. The van der Waals surface area contributed by atoms with E-state index < -0.39 is 0 Å². The molecule has 0 heterocycles. The van der Waals surface area contributed by atoms with E-state index in [4.69, 9.17) is 0 Å². The molecule has 0 fully saturated rings. The van der Waals surface area contributed by atoms with Gasteiger partial charge in [0.05, 0.1) is 41.3 Å². The Hall–Kier alpha value is -1.34. The number of hydrogen-bond donors (Lipinski definition) is 4. The summed E-state index contributed by atoms with van der Waals surface area (Å²) in [6.07, 6.45) is 1.90. The van der Waals surface area contributed by atoms with E-state index in [9.17, 15) is 9.59 Å². The second-order valence-corrected chi connectivity index (χ2v) is 6.71. The van der Waals surface area contributed by atoms with Crippen LogP contribution in [0.4, 0.5) is 0 Å². The van der Waals surface area contributed by atoms with Crippen molar-refractivity contribution in [2.75, 3.05) is 54.4 Å². The molecule has 0 unspecified atom stereocenters. The third-order valence-corrected chi connectivity index (χ3v) is 3.69. The molecule has 8 heteroatoms. The van der Waals surface area contributed by atoms with Crippen LogP contribution in [0.15, 0.2) is 24.3 Å². The molecule has 0 aliphatic carbocycles.